The Morgan fingerprint density at radius 2 is 2.17 bits per heavy atom. The minimum atomic E-state index is -2.97. The second kappa shape index (κ2) is 3.53. The number of hydrogen-bond donors (Lipinski definition) is 2. The molecule has 0 spiro atoms. The van der Waals surface area contributed by atoms with E-state index in [9.17, 15) is 18.0 Å². The molecule has 0 aromatic rings. The molecular formula is C5H8N2O4S. The average Bonchev–Trinajstić information content (AvgIpc) is 2.33. The first kappa shape index (κ1) is 8.98. The zero-order valence-corrected chi connectivity index (χ0v) is 7.04. The second-order valence-corrected chi connectivity index (χ2v) is 3.06. The van der Waals surface area contributed by atoms with E-state index in [4.69, 9.17) is 0 Å². The number of amides is 3. The Kier molecular flexibility index (Phi) is 2.64. The van der Waals surface area contributed by atoms with Crippen LogP contribution in [0.5, 0.6) is 0 Å². The van der Waals surface area contributed by atoms with Crippen molar-refractivity contribution in [2.45, 2.75) is 12.8 Å². The van der Waals surface area contributed by atoms with Crippen LogP contribution in [0.15, 0.2) is 0 Å². The quantitative estimate of drug-likeness (QED) is 0.513. The van der Waals surface area contributed by atoms with Crippen LogP contribution in [-0.4, -0.2) is 31.8 Å². The minimum Gasteiger partial charge on any atom is -0.274 e. The Labute approximate surface area is 70.6 Å². The molecule has 12 heavy (non-hydrogen) atoms. The van der Waals surface area contributed by atoms with E-state index in [1.807, 2.05) is 0 Å². The monoisotopic (exact) mass is 192 g/mol. The van der Waals surface area contributed by atoms with Crippen LogP contribution >= 0.6 is 0 Å². The van der Waals surface area contributed by atoms with Gasteiger partial charge in [0, 0.05) is 13.0 Å². The Bertz CT molecular complexity index is 277. The highest BCUT2D eigenvalue weighted by Crippen LogP contribution is 2.08. The van der Waals surface area contributed by atoms with Gasteiger partial charge in [-0.1, -0.05) is 0 Å². The van der Waals surface area contributed by atoms with Crippen molar-refractivity contribution in [3.63, 3.8) is 0 Å². The van der Waals surface area contributed by atoms with Gasteiger partial charge in [0.05, 0.1) is 0 Å². The van der Waals surface area contributed by atoms with Gasteiger partial charge in [0.25, 0.3) is 0 Å². The molecule has 0 radical (unpaired) electrons. The summed E-state index contributed by atoms with van der Waals surface area (Å²) in [5.74, 6) is -0.329. The van der Waals surface area contributed by atoms with E-state index in [0.717, 1.165) is 4.90 Å². The highest BCUT2D eigenvalue weighted by atomic mass is 32.2. The second-order valence-electron chi connectivity index (χ2n) is 2.32. The van der Waals surface area contributed by atoms with Gasteiger partial charge in [-0.15, -0.1) is 0 Å². The highest BCUT2D eigenvalue weighted by molar-refractivity contribution is 7.70. The topological polar surface area (TPSA) is 83.6 Å². The Morgan fingerprint density at radius 1 is 1.50 bits per heavy atom. The van der Waals surface area contributed by atoms with E-state index in [0.29, 0.717) is 19.4 Å². The molecule has 0 aliphatic carbocycles. The van der Waals surface area contributed by atoms with Crippen LogP contribution < -0.4 is 4.72 Å². The molecule has 1 rings (SSSR count). The van der Waals surface area contributed by atoms with Crippen molar-refractivity contribution >= 4 is 22.8 Å². The van der Waals surface area contributed by atoms with Gasteiger partial charge in [0.2, 0.25) is 16.8 Å². The molecule has 6 nitrogen and oxygen atoms in total. The van der Waals surface area contributed by atoms with Crippen LogP contribution in [0.2, 0.25) is 0 Å². The third-order valence-corrected chi connectivity index (χ3v) is 1.88. The maximum absolute atomic E-state index is 10.9. The lowest BCUT2D eigenvalue weighted by Gasteiger charge is -2.10. The number of carbonyl (C=O) groups is 2. The number of nitrogens with one attached hydrogen (secondary N) is 1. The average molecular weight is 192 g/mol. The van der Waals surface area contributed by atoms with Gasteiger partial charge < -0.3 is 0 Å². The molecule has 0 atom stereocenters. The number of thiol groups is 1. The normalized spacial score (nSPS) is 17.1. The van der Waals surface area contributed by atoms with Crippen molar-refractivity contribution in [2.24, 2.45) is 0 Å². The lowest BCUT2D eigenvalue weighted by molar-refractivity contribution is -0.125. The summed E-state index contributed by atoms with van der Waals surface area (Å²) in [5.41, 5.74) is 0. The summed E-state index contributed by atoms with van der Waals surface area (Å²) in [7, 11) is -2.97. The number of rotatable bonds is 1. The van der Waals surface area contributed by atoms with Crippen molar-refractivity contribution in [3.8, 4) is 0 Å². The van der Waals surface area contributed by atoms with Crippen LogP contribution in [0.25, 0.3) is 0 Å². The first-order valence-corrected chi connectivity index (χ1v) is 4.54. The molecule has 0 aromatic heterocycles. The Morgan fingerprint density at radius 3 is 2.58 bits per heavy atom. The van der Waals surface area contributed by atoms with Crippen molar-refractivity contribution in [1.82, 2.24) is 9.62 Å². The maximum atomic E-state index is 10.9. The van der Waals surface area contributed by atoms with Crippen LogP contribution in [0.3, 0.4) is 0 Å². The van der Waals surface area contributed by atoms with Gasteiger partial charge in [0.15, 0.2) is 0 Å². The molecule has 68 valence electrons. The molecule has 1 N–H and O–H groups in total. The molecule has 1 fully saturated rings. The van der Waals surface area contributed by atoms with Crippen molar-refractivity contribution in [3.05, 3.63) is 0 Å². The first-order valence-electron chi connectivity index (χ1n) is 3.36. The summed E-state index contributed by atoms with van der Waals surface area (Å²) >= 11 is 0. The Hall–Kier alpha value is -1.11. The molecular weight excluding hydrogens is 184 g/mol. The highest BCUT2D eigenvalue weighted by Gasteiger charge is 2.26. The lowest BCUT2D eigenvalue weighted by Crippen LogP contribution is -2.39. The van der Waals surface area contributed by atoms with Crippen LogP contribution in [0.4, 0.5) is 4.79 Å². The van der Waals surface area contributed by atoms with Crippen LogP contribution in [0, 0.1) is 0 Å². The summed E-state index contributed by atoms with van der Waals surface area (Å²) in [6.07, 6.45) is 0.908. The number of imide groups is 1. The van der Waals surface area contributed by atoms with E-state index in [-0.39, 0.29) is 5.91 Å². The number of hydrogen-bond acceptors (Lipinski definition) is 4. The summed E-state index contributed by atoms with van der Waals surface area (Å²) in [6, 6.07) is -0.853. The van der Waals surface area contributed by atoms with Gasteiger partial charge in [-0.3, -0.25) is 9.69 Å². The van der Waals surface area contributed by atoms with E-state index in [1.165, 1.54) is 0 Å². The van der Waals surface area contributed by atoms with Gasteiger partial charge in [-0.05, 0) is 6.42 Å². The zero-order chi connectivity index (χ0) is 9.14. The lowest BCUT2D eigenvalue weighted by atomic mass is 10.4. The molecule has 1 aliphatic rings. The zero-order valence-electron chi connectivity index (χ0n) is 6.15. The standard InChI is InChI=1S/C5H8N2O4S/c8-4-2-1-3-7(4)5(9)6-12(10)11/h12H,1-3H2,(H,6,9,10,11). The molecule has 0 saturated carbocycles. The number of urea groups is 1. The fourth-order valence-electron chi connectivity index (χ4n) is 1.00. The fraction of sp³-hybridized carbons (Fsp3) is 0.600. The van der Waals surface area contributed by atoms with Crippen molar-refractivity contribution < 1.29 is 18.0 Å². The molecule has 1 heterocycles. The maximum Gasteiger partial charge on any atom is 0.337 e. The van der Waals surface area contributed by atoms with Crippen molar-refractivity contribution in [1.29, 1.82) is 0 Å². The molecule has 1 aliphatic heterocycles. The summed E-state index contributed by atoms with van der Waals surface area (Å²) in [6.45, 7) is 0.299. The summed E-state index contributed by atoms with van der Waals surface area (Å²) in [5, 5.41) is 0. The van der Waals surface area contributed by atoms with Gasteiger partial charge in [0.1, 0.15) is 0 Å². The predicted molar refractivity (Wildman–Crippen MR) is 39.8 cm³/mol. The molecule has 7 heteroatoms. The predicted octanol–water partition coefficient (Wildman–Crippen LogP) is -1.16. The minimum absolute atomic E-state index is 0.299. The Balaban J connectivity index is 2.57. The first-order chi connectivity index (χ1) is 5.61. The summed E-state index contributed by atoms with van der Waals surface area (Å²) in [4.78, 5) is 22.6. The smallest absolute Gasteiger partial charge is 0.274 e. The van der Waals surface area contributed by atoms with E-state index in [1.54, 1.807) is 4.72 Å². The van der Waals surface area contributed by atoms with Crippen LogP contribution in [-0.2, 0) is 15.7 Å². The number of nitrogens with zero attached hydrogens (tertiary/aromatic N) is 1. The van der Waals surface area contributed by atoms with E-state index in [2.05, 4.69) is 0 Å². The fourth-order valence-corrected chi connectivity index (χ4v) is 1.28. The van der Waals surface area contributed by atoms with Gasteiger partial charge in [-0.2, -0.15) is 0 Å². The largest absolute Gasteiger partial charge is 0.337 e. The van der Waals surface area contributed by atoms with Gasteiger partial charge in [-0.25, -0.2) is 17.9 Å². The molecule has 3 amide bonds. The van der Waals surface area contributed by atoms with E-state index < -0.39 is 16.9 Å². The van der Waals surface area contributed by atoms with Gasteiger partial charge >= 0.3 is 6.03 Å². The molecule has 0 bridgehead atoms. The van der Waals surface area contributed by atoms with E-state index >= 15 is 0 Å². The molecule has 0 unspecified atom stereocenters. The third kappa shape index (κ3) is 1.94. The third-order valence-electron chi connectivity index (χ3n) is 1.51. The number of carbonyl (C=O) groups excluding carboxylic acids is 2. The molecule has 1 saturated heterocycles. The van der Waals surface area contributed by atoms with Crippen molar-refractivity contribution in [2.75, 3.05) is 6.54 Å². The van der Waals surface area contributed by atoms with Crippen LogP contribution in [0.1, 0.15) is 12.8 Å². The molecule has 0 aromatic carbocycles. The number of likely N-dealkylation sites (tertiary alicyclic amines) is 1. The SMILES string of the molecule is O=C1CCCN1C(=O)N[SH](=O)=O. The summed E-state index contributed by atoms with van der Waals surface area (Å²) < 4.78 is 21.7.